The molecule has 0 aliphatic heterocycles. The third kappa shape index (κ3) is 2.25. The van der Waals surface area contributed by atoms with Gasteiger partial charge in [-0.05, 0) is 30.5 Å². The molecule has 0 unspecified atom stereocenters. The van der Waals surface area contributed by atoms with Crippen LogP contribution >= 0.6 is 0 Å². The first kappa shape index (κ1) is 11.0. The molecule has 0 saturated carbocycles. The molecule has 2 aromatic rings. The van der Waals surface area contributed by atoms with Gasteiger partial charge in [-0.25, -0.2) is 4.98 Å². The molecule has 1 aromatic carbocycles. The van der Waals surface area contributed by atoms with Crippen LogP contribution in [0.3, 0.4) is 0 Å². The van der Waals surface area contributed by atoms with Gasteiger partial charge in [0.15, 0.2) is 0 Å². The Labute approximate surface area is 108 Å². The van der Waals surface area contributed by atoms with Crippen molar-refractivity contribution >= 4 is 5.57 Å². The van der Waals surface area contributed by atoms with Crippen LogP contribution in [0.4, 0.5) is 0 Å². The van der Waals surface area contributed by atoms with Gasteiger partial charge >= 0.3 is 0 Å². The molecule has 0 radical (unpaired) electrons. The fraction of sp³-hybridized carbons (Fsp3) is 0.118. The quantitative estimate of drug-likeness (QED) is 0.745. The summed E-state index contributed by atoms with van der Waals surface area (Å²) in [5.41, 5.74) is 4.50. The Kier molecular flexibility index (Phi) is 3.05. The van der Waals surface area contributed by atoms with Crippen molar-refractivity contribution < 1.29 is 0 Å². The summed E-state index contributed by atoms with van der Waals surface area (Å²) >= 11 is 0. The molecule has 18 heavy (non-hydrogen) atoms. The largest absolute Gasteiger partial charge is 0.248 e. The zero-order valence-electron chi connectivity index (χ0n) is 10.2. The Morgan fingerprint density at radius 3 is 2.39 bits per heavy atom. The average molecular weight is 233 g/mol. The third-order valence-corrected chi connectivity index (χ3v) is 3.11. The Hall–Kier alpha value is -2.15. The van der Waals surface area contributed by atoms with Crippen LogP contribution < -0.4 is 0 Å². The first-order chi connectivity index (χ1) is 8.93. The zero-order chi connectivity index (χ0) is 12.2. The normalized spacial score (nSPS) is 14.3. The molecule has 1 aromatic heterocycles. The number of aromatic nitrogens is 1. The maximum atomic E-state index is 4.75. The molecule has 1 heteroatoms. The zero-order valence-corrected chi connectivity index (χ0v) is 10.2. The van der Waals surface area contributed by atoms with Gasteiger partial charge in [0, 0.05) is 5.56 Å². The highest BCUT2D eigenvalue weighted by Gasteiger charge is 2.04. The van der Waals surface area contributed by atoms with E-state index in [9.17, 15) is 0 Å². The lowest BCUT2D eigenvalue weighted by Gasteiger charge is -2.08. The van der Waals surface area contributed by atoms with E-state index in [0.717, 1.165) is 24.2 Å². The smallest absolute Gasteiger partial charge is 0.0709 e. The van der Waals surface area contributed by atoms with Crippen molar-refractivity contribution in [3.63, 3.8) is 0 Å². The molecule has 1 aliphatic carbocycles. The van der Waals surface area contributed by atoms with Gasteiger partial charge in [-0.3, -0.25) is 0 Å². The molecule has 3 rings (SSSR count). The molecule has 1 heterocycles. The molecule has 0 fully saturated rings. The summed E-state index contributed by atoms with van der Waals surface area (Å²) in [4.78, 5) is 4.75. The van der Waals surface area contributed by atoms with Crippen LogP contribution in [0.5, 0.6) is 0 Å². The highest BCUT2D eigenvalue weighted by molar-refractivity contribution is 5.74. The van der Waals surface area contributed by atoms with Gasteiger partial charge in [0.25, 0.3) is 0 Å². The standard InChI is InChI=1S/C17H15N/c1-3-8-14(9-4-1)16-12-7-13-17(18-16)15-10-5-2-6-11-15/h1,3-5,7-13H,2,6H2. The molecule has 1 aliphatic rings. The number of rotatable bonds is 2. The van der Waals surface area contributed by atoms with Crippen LogP contribution in [0.15, 0.2) is 66.8 Å². The van der Waals surface area contributed by atoms with Crippen LogP contribution in [-0.4, -0.2) is 4.98 Å². The second-order valence-electron chi connectivity index (χ2n) is 4.41. The number of allylic oxidation sites excluding steroid dienone is 4. The van der Waals surface area contributed by atoms with E-state index >= 15 is 0 Å². The van der Waals surface area contributed by atoms with E-state index in [1.165, 1.54) is 11.1 Å². The lowest BCUT2D eigenvalue weighted by molar-refractivity contribution is 1.04. The van der Waals surface area contributed by atoms with Gasteiger partial charge in [-0.15, -0.1) is 0 Å². The fourth-order valence-electron chi connectivity index (χ4n) is 2.17. The summed E-state index contributed by atoms with van der Waals surface area (Å²) < 4.78 is 0. The van der Waals surface area contributed by atoms with E-state index in [2.05, 4.69) is 48.6 Å². The second kappa shape index (κ2) is 5.01. The van der Waals surface area contributed by atoms with Crippen molar-refractivity contribution in [1.29, 1.82) is 0 Å². The van der Waals surface area contributed by atoms with Crippen molar-refractivity contribution in [3.8, 4) is 11.3 Å². The molecule has 0 spiro atoms. The predicted octanol–water partition coefficient (Wildman–Crippen LogP) is 4.48. The van der Waals surface area contributed by atoms with Crippen LogP contribution in [0.2, 0.25) is 0 Å². The molecule has 0 N–H and O–H groups in total. The maximum absolute atomic E-state index is 4.75. The second-order valence-corrected chi connectivity index (χ2v) is 4.41. The summed E-state index contributed by atoms with van der Waals surface area (Å²) in [5.74, 6) is 0. The Morgan fingerprint density at radius 1 is 0.778 bits per heavy atom. The molecule has 0 saturated heterocycles. The van der Waals surface area contributed by atoms with Crippen molar-refractivity contribution in [1.82, 2.24) is 4.98 Å². The van der Waals surface area contributed by atoms with Crippen LogP contribution in [-0.2, 0) is 0 Å². The predicted molar refractivity (Wildman–Crippen MR) is 76.0 cm³/mol. The highest BCUT2D eigenvalue weighted by Crippen LogP contribution is 2.23. The number of hydrogen-bond donors (Lipinski definition) is 0. The van der Waals surface area contributed by atoms with Crippen molar-refractivity contribution in [2.75, 3.05) is 0 Å². The molecule has 1 nitrogen and oxygen atoms in total. The molecule has 0 amide bonds. The topological polar surface area (TPSA) is 12.9 Å². The van der Waals surface area contributed by atoms with Gasteiger partial charge in [0.2, 0.25) is 0 Å². The Bertz CT molecular complexity index is 594. The maximum Gasteiger partial charge on any atom is 0.0709 e. The highest BCUT2D eigenvalue weighted by atomic mass is 14.7. The van der Waals surface area contributed by atoms with Crippen molar-refractivity contribution in [2.24, 2.45) is 0 Å². The third-order valence-electron chi connectivity index (χ3n) is 3.11. The Balaban J connectivity index is 1.99. The summed E-state index contributed by atoms with van der Waals surface area (Å²) in [6.07, 6.45) is 8.90. The summed E-state index contributed by atoms with van der Waals surface area (Å²) in [6, 6.07) is 16.5. The number of nitrogens with zero attached hydrogens (tertiary/aromatic N) is 1. The van der Waals surface area contributed by atoms with E-state index in [-0.39, 0.29) is 0 Å². The number of hydrogen-bond acceptors (Lipinski definition) is 1. The lowest BCUT2D eigenvalue weighted by Crippen LogP contribution is -1.92. The van der Waals surface area contributed by atoms with Gasteiger partial charge in [-0.1, -0.05) is 54.6 Å². The van der Waals surface area contributed by atoms with Gasteiger partial charge < -0.3 is 0 Å². The van der Waals surface area contributed by atoms with E-state index in [4.69, 9.17) is 4.98 Å². The number of benzene rings is 1. The molecule has 88 valence electrons. The van der Waals surface area contributed by atoms with E-state index in [0.29, 0.717) is 0 Å². The molecule has 0 bridgehead atoms. The van der Waals surface area contributed by atoms with Gasteiger partial charge in [-0.2, -0.15) is 0 Å². The van der Waals surface area contributed by atoms with Crippen LogP contribution in [0.1, 0.15) is 18.5 Å². The molecular weight excluding hydrogens is 218 g/mol. The minimum absolute atomic E-state index is 1.04. The van der Waals surface area contributed by atoms with Crippen LogP contribution in [0, 0.1) is 0 Å². The van der Waals surface area contributed by atoms with Crippen molar-refractivity contribution in [2.45, 2.75) is 12.8 Å². The number of pyridine rings is 1. The van der Waals surface area contributed by atoms with E-state index < -0.39 is 0 Å². The first-order valence-corrected chi connectivity index (χ1v) is 6.33. The summed E-state index contributed by atoms with van der Waals surface area (Å²) in [7, 11) is 0. The van der Waals surface area contributed by atoms with Gasteiger partial charge in [0.1, 0.15) is 0 Å². The van der Waals surface area contributed by atoms with Crippen molar-refractivity contribution in [3.05, 3.63) is 72.5 Å². The summed E-state index contributed by atoms with van der Waals surface area (Å²) in [5, 5.41) is 0. The fourth-order valence-corrected chi connectivity index (χ4v) is 2.17. The minimum atomic E-state index is 1.04. The van der Waals surface area contributed by atoms with E-state index in [1.54, 1.807) is 0 Å². The minimum Gasteiger partial charge on any atom is -0.248 e. The molecular formula is C17H15N. The van der Waals surface area contributed by atoms with Gasteiger partial charge in [0.05, 0.1) is 11.4 Å². The van der Waals surface area contributed by atoms with E-state index in [1.807, 2.05) is 18.2 Å². The summed E-state index contributed by atoms with van der Waals surface area (Å²) in [6.45, 7) is 0. The SMILES string of the molecule is C1=CC(c2cccc(-c3ccccc3)n2)=CCC1. The van der Waals surface area contributed by atoms with Crippen LogP contribution in [0.25, 0.3) is 16.8 Å². The first-order valence-electron chi connectivity index (χ1n) is 6.33. The Morgan fingerprint density at radius 2 is 1.61 bits per heavy atom. The molecule has 0 atom stereocenters. The average Bonchev–Trinajstić information content (AvgIpc) is 2.49. The lowest BCUT2D eigenvalue weighted by atomic mass is 10.0. The monoisotopic (exact) mass is 233 g/mol.